The van der Waals surface area contributed by atoms with Crippen LogP contribution in [0.15, 0.2) is 29.4 Å². The van der Waals surface area contributed by atoms with Gasteiger partial charge in [0.2, 0.25) is 5.91 Å². The number of rotatable bonds is 8. The van der Waals surface area contributed by atoms with Crippen molar-refractivity contribution in [1.29, 1.82) is 0 Å². The zero-order valence-corrected chi connectivity index (χ0v) is 19.9. The number of amides is 1. The van der Waals surface area contributed by atoms with Crippen molar-refractivity contribution in [3.8, 4) is 11.4 Å². The van der Waals surface area contributed by atoms with Crippen molar-refractivity contribution in [3.05, 3.63) is 29.8 Å². The predicted molar refractivity (Wildman–Crippen MR) is 125 cm³/mol. The average molecular weight is 429 g/mol. The third-order valence-electron chi connectivity index (χ3n) is 5.74. The molecular formula is C24H36N4OS. The molecule has 1 amide bonds. The van der Waals surface area contributed by atoms with Crippen LogP contribution < -0.4 is 5.32 Å². The molecule has 0 saturated heterocycles. The maximum absolute atomic E-state index is 12.2. The number of nitrogens with one attached hydrogen (secondary N) is 1. The Hall–Kier alpha value is -1.82. The number of benzene rings is 1. The first-order valence-electron chi connectivity index (χ1n) is 11.2. The molecule has 3 rings (SSSR count). The summed E-state index contributed by atoms with van der Waals surface area (Å²) in [7, 11) is 0. The van der Waals surface area contributed by atoms with Crippen LogP contribution in [-0.4, -0.2) is 33.0 Å². The first-order valence-corrected chi connectivity index (χ1v) is 12.2. The van der Waals surface area contributed by atoms with Crippen molar-refractivity contribution in [2.75, 3.05) is 12.3 Å². The van der Waals surface area contributed by atoms with Gasteiger partial charge in [-0.1, -0.05) is 83.5 Å². The van der Waals surface area contributed by atoms with Gasteiger partial charge < -0.3 is 5.32 Å². The molecule has 1 aromatic carbocycles. The summed E-state index contributed by atoms with van der Waals surface area (Å²) in [6.07, 6.45) is 5.79. The van der Waals surface area contributed by atoms with Gasteiger partial charge in [-0.2, -0.15) is 0 Å². The summed E-state index contributed by atoms with van der Waals surface area (Å²) >= 11 is 1.50. The van der Waals surface area contributed by atoms with Gasteiger partial charge in [-0.15, -0.1) is 10.2 Å². The highest BCUT2D eigenvalue weighted by Gasteiger charge is 2.25. The fourth-order valence-electron chi connectivity index (χ4n) is 3.86. The van der Waals surface area contributed by atoms with E-state index in [2.05, 4.69) is 79.0 Å². The quantitative estimate of drug-likeness (QED) is 0.555. The number of carbonyl (C=O) groups excluding carboxylic acids is 1. The van der Waals surface area contributed by atoms with E-state index < -0.39 is 0 Å². The van der Waals surface area contributed by atoms with Gasteiger partial charge in [0.05, 0.1) is 5.75 Å². The van der Waals surface area contributed by atoms with Crippen molar-refractivity contribution in [2.24, 2.45) is 5.92 Å². The Bertz CT molecular complexity index is 830. The summed E-state index contributed by atoms with van der Waals surface area (Å²) < 4.78 is 2.28. The Morgan fingerprint density at radius 1 is 1.17 bits per heavy atom. The first kappa shape index (κ1) is 22.9. The molecule has 1 aliphatic rings. The Kier molecular flexibility index (Phi) is 7.61. The maximum Gasteiger partial charge on any atom is 0.230 e. The fraction of sp³-hybridized carbons (Fsp3) is 0.625. The van der Waals surface area contributed by atoms with Gasteiger partial charge in [0.15, 0.2) is 11.0 Å². The molecule has 164 valence electrons. The van der Waals surface area contributed by atoms with Crippen LogP contribution >= 0.6 is 11.8 Å². The number of aromatic nitrogens is 3. The van der Waals surface area contributed by atoms with Crippen LogP contribution in [0.1, 0.15) is 78.3 Å². The molecule has 0 bridgehead atoms. The summed E-state index contributed by atoms with van der Waals surface area (Å²) in [5, 5.41) is 12.9. The molecule has 1 aliphatic carbocycles. The molecule has 0 spiro atoms. The number of thioether (sulfide) groups is 1. The fourth-order valence-corrected chi connectivity index (χ4v) is 4.70. The molecule has 1 fully saturated rings. The molecule has 5 nitrogen and oxygen atoms in total. The number of nitrogens with zero attached hydrogens (tertiary/aromatic N) is 3. The van der Waals surface area contributed by atoms with Gasteiger partial charge >= 0.3 is 0 Å². The van der Waals surface area contributed by atoms with Gasteiger partial charge in [-0.3, -0.25) is 9.36 Å². The molecule has 2 aromatic rings. The summed E-state index contributed by atoms with van der Waals surface area (Å²) in [6.45, 7) is 11.7. The van der Waals surface area contributed by atoms with Crippen molar-refractivity contribution in [1.82, 2.24) is 20.1 Å². The second-order valence-corrected chi connectivity index (χ2v) is 10.7. The number of carbonyl (C=O) groups is 1. The Balaban J connectivity index is 1.76. The molecule has 1 N–H and O–H groups in total. The van der Waals surface area contributed by atoms with Gasteiger partial charge in [-0.25, -0.2) is 0 Å². The minimum Gasteiger partial charge on any atom is -0.355 e. The molecule has 0 radical (unpaired) electrons. The molecule has 0 unspecified atom stereocenters. The van der Waals surface area contributed by atoms with E-state index in [-0.39, 0.29) is 11.3 Å². The summed E-state index contributed by atoms with van der Waals surface area (Å²) in [5.74, 6) is 1.96. The standard InChI is InChI=1S/C24H36N4OS/c1-17(2)14-15-25-21(29)16-30-23-27-26-22(28(23)20-8-6-7-9-20)18-10-12-19(13-11-18)24(3,4)5/h10-13,17,20H,6-9,14-16H2,1-5H3,(H,25,29). The van der Waals surface area contributed by atoms with E-state index in [0.717, 1.165) is 42.4 Å². The average Bonchev–Trinajstić information content (AvgIpc) is 3.35. The van der Waals surface area contributed by atoms with Crippen LogP contribution in [0.3, 0.4) is 0 Å². The molecule has 6 heteroatoms. The lowest BCUT2D eigenvalue weighted by molar-refractivity contribution is -0.118. The Morgan fingerprint density at radius 3 is 2.43 bits per heavy atom. The lowest BCUT2D eigenvalue weighted by atomic mass is 9.86. The van der Waals surface area contributed by atoms with Crippen LogP contribution in [-0.2, 0) is 10.2 Å². The summed E-state index contributed by atoms with van der Waals surface area (Å²) in [5.41, 5.74) is 2.53. The normalized spacial score (nSPS) is 15.1. The third-order valence-corrected chi connectivity index (χ3v) is 6.68. The van der Waals surface area contributed by atoms with E-state index in [9.17, 15) is 4.79 Å². The van der Waals surface area contributed by atoms with E-state index in [1.54, 1.807) is 0 Å². The molecule has 30 heavy (non-hydrogen) atoms. The van der Waals surface area contributed by atoms with Crippen LogP contribution in [0.5, 0.6) is 0 Å². The van der Waals surface area contributed by atoms with E-state index >= 15 is 0 Å². The third kappa shape index (κ3) is 5.87. The van der Waals surface area contributed by atoms with Crippen molar-refractivity contribution < 1.29 is 4.79 Å². The summed E-state index contributed by atoms with van der Waals surface area (Å²) in [6, 6.07) is 9.12. The first-order chi connectivity index (χ1) is 14.3. The monoisotopic (exact) mass is 428 g/mol. The second-order valence-electron chi connectivity index (χ2n) is 9.76. The molecule has 0 atom stereocenters. The highest BCUT2D eigenvalue weighted by molar-refractivity contribution is 7.99. The minimum absolute atomic E-state index is 0.0673. The predicted octanol–water partition coefficient (Wildman–Crippen LogP) is 5.61. The van der Waals surface area contributed by atoms with Crippen LogP contribution in [0.25, 0.3) is 11.4 Å². The Labute approximate surface area is 185 Å². The topological polar surface area (TPSA) is 59.8 Å². The lowest BCUT2D eigenvalue weighted by Crippen LogP contribution is -2.27. The van der Waals surface area contributed by atoms with Crippen LogP contribution in [0.4, 0.5) is 0 Å². The molecule has 1 heterocycles. The second kappa shape index (κ2) is 9.99. The SMILES string of the molecule is CC(C)CCNC(=O)CSc1nnc(-c2ccc(C(C)(C)C)cc2)n1C1CCCC1. The van der Waals surface area contributed by atoms with Crippen molar-refractivity contribution in [2.45, 2.75) is 83.3 Å². The maximum atomic E-state index is 12.2. The zero-order chi connectivity index (χ0) is 21.7. The van der Waals surface area contributed by atoms with E-state index in [1.165, 1.54) is 30.2 Å². The van der Waals surface area contributed by atoms with Gasteiger partial charge in [-0.05, 0) is 36.2 Å². The molecule has 1 aromatic heterocycles. The van der Waals surface area contributed by atoms with Crippen LogP contribution in [0, 0.1) is 5.92 Å². The largest absolute Gasteiger partial charge is 0.355 e. The number of hydrogen-bond acceptors (Lipinski definition) is 4. The highest BCUT2D eigenvalue weighted by atomic mass is 32.2. The van der Waals surface area contributed by atoms with Crippen LogP contribution in [0.2, 0.25) is 0 Å². The summed E-state index contributed by atoms with van der Waals surface area (Å²) in [4.78, 5) is 12.2. The van der Waals surface area contributed by atoms with Gasteiger partial charge in [0.1, 0.15) is 0 Å². The number of hydrogen-bond donors (Lipinski definition) is 1. The highest BCUT2D eigenvalue weighted by Crippen LogP contribution is 2.37. The molecular weight excluding hydrogens is 392 g/mol. The van der Waals surface area contributed by atoms with Gasteiger partial charge in [0, 0.05) is 18.2 Å². The molecule has 0 aliphatic heterocycles. The van der Waals surface area contributed by atoms with E-state index in [0.29, 0.717) is 17.7 Å². The smallest absolute Gasteiger partial charge is 0.230 e. The zero-order valence-electron chi connectivity index (χ0n) is 19.1. The lowest BCUT2D eigenvalue weighted by Gasteiger charge is -2.20. The van der Waals surface area contributed by atoms with Gasteiger partial charge in [0.25, 0.3) is 0 Å². The molecule has 1 saturated carbocycles. The van der Waals surface area contributed by atoms with Crippen molar-refractivity contribution in [3.63, 3.8) is 0 Å². The van der Waals surface area contributed by atoms with Crippen molar-refractivity contribution >= 4 is 17.7 Å². The van der Waals surface area contributed by atoms with E-state index in [4.69, 9.17) is 0 Å². The van der Waals surface area contributed by atoms with E-state index in [1.807, 2.05) is 0 Å². The Morgan fingerprint density at radius 2 is 1.83 bits per heavy atom. The minimum atomic E-state index is 0.0673.